The van der Waals surface area contributed by atoms with Crippen molar-refractivity contribution in [3.63, 3.8) is 0 Å². The Morgan fingerprint density at radius 1 is 1.06 bits per heavy atom. The van der Waals surface area contributed by atoms with Crippen LogP contribution in [0.2, 0.25) is 5.15 Å². The molecular formula is C22H33ClN8O3. The van der Waals surface area contributed by atoms with Gasteiger partial charge in [0.15, 0.2) is 28.4 Å². The lowest BCUT2D eigenvalue weighted by Gasteiger charge is -2.09. The van der Waals surface area contributed by atoms with E-state index in [1.54, 1.807) is 0 Å². The predicted octanol–water partition coefficient (Wildman–Crippen LogP) is 0.237. The molecule has 0 radical (unpaired) electrons. The Morgan fingerprint density at radius 3 is 2.35 bits per heavy atom. The molecule has 0 aliphatic carbocycles. The molecule has 2 rings (SSSR count). The highest BCUT2D eigenvalue weighted by atomic mass is 35.5. The van der Waals surface area contributed by atoms with Gasteiger partial charge in [0.25, 0.3) is 5.91 Å². The zero-order chi connectivity index (χ0) is 24.9. The van der Waals surface area contributed by atoms with E-state index in [4.69, 9.17) is 33.9 Å². The number of unbranched alkanes of at least 4 members (excludes halogenated alkanes) is 1. The number of hydrogen-bond donors (Lipinski definition) is 7. The Labute approximate surface area is 203 Å². The lowest BCUT2D eigenvalue weighted by molar-refractivity contribution is 0.0945. The number of nitrogens with zero attached hydrogens (tertiary/aromatic N) is 3. The summed E-state index contributed by atoms with van der Waals surface area (Å²) in [5.74, 6) is -0.903. The van der Waals surface area contributed by atoms with Gasteiger partial charge in [-0.15, -0.1) is 0 Å². The van der Waals surface area contributed by atoms with Crippen molar-refractivity contribution >= 4 is 35.1 Å². The molecule has 0 bridgehead atoms. The molecule has 2 aromatic rings. The average Bonchev–Trinajstić information content (AvgIpc) is 2.81. The second-order valence-corrected chi connectivity index (χ2v) is 8.13. The molecule has 0 saturated carbocycles. The molecule has 0 fully saturated rings. The third-order valence-electron chi connectivity index (χ3n) is 4.95. The van der Waals surface area contributed by atoms with Crippen LogP contribution in [0.1, 0.15) is 40.9 Å². The van der Waals surface area contributed by atoms with Gasteiger partial charge in [0, 0.05) is 13.1 Å². The lowest BCUT2D eigenvalue weighted by atomic mass is 10.0. The Hall–Kier alpha value is -2.99. The van der Waals surface area contributed by atoms with Gasteiger partial charge < -0.3 is 32.7 Å². The van der Waals surface area contributed by atoms with Crippen molar-refractivity contribution < 1.29 is 15.0 Å². The van der Waals surface area contributed by atoms with Crippen LogP contribution in [0, 0.1) is 0 Å². The van der Waals surface area contributed by atoms with E-state index in [1.165, 1.54) is 11.1 Å². The summed E-state index contributed by atoms with van der Waals surface area (Å²) in [5, 5.41) is 23.5. The maximum absolute atomic E-state index is 12.2. The van der Waals surface area contributed by atoms with E-state index in [0.717, 1.165) is 38.6 Å². The zero-order valence-corrected chi connectivity index (χ0v) is 19.8. The summed E-state index contributed by atoms with van der Waals surface area (Å²) in [5.41, 5.74) is 19.2. The Bertz CT molecular complexity index is 956. The number of amides is 1. The van der Waals surface area contributed by atoms with E-state index >= 15 is 0 Å². The monoisotopic (exact) mass is 492 g/mol. The molecule has 0 aliphatic heterocycles. The summed E-state index contributed by atoms with van der Waals surface area (Å²) in [6.07, 6.45) is 3.84. The van der Waals surface area contributed by atoms with Crippen molar-refractivity contribution in [1.29, 1.82) is 0 Å². The van der Waals surface area contributed by atoms with E-state index in [2.05, 4.69) is 49.9 Å². The Balaban J connectivity index is 1.65. The van der Waals surface area contributed by atoms with Crippen molar-refractivity contribution in [1.82, 2.24) is 20.6 Å². The van der Waals surface area contributed by atoms with Gasteiger partial charge in [-0.1, -0.05) is 35.9 Å². The highest BCUT2D eigenvalue weighted by Crippen LogP contribution is 2.17. The highest BCUT2D eigenvalue weighted by molar-refractivity contribution is 6.31. The molecule has 1 atom stereocenters. The van der Waals surface area contributed by atoms with Crippen LogP contribution in [0.5, 0.6) is 0 Å². The molecule has 1 heterocycles. The van der Waals surface area contributed by atoms with Gasteiger partial charge in [0.05, 0.1) is 12.7 Å². The minimum Gasteiger partial charge on any atom is -0.394 e. The minimum absolute atomic E-state index is 0.0381. The van der Waals surface area contributed by atoms with Gasteiger partial charge in [0.2, 0.25) is 0 Å². The molecule has 1 amide bonds. The molecule has 10 N–H and O–H groups in total. The van der Waals surface area contributed by atoms with Crippen LogP contribution in [0.3, 0.4) is 0 Å². The number of nitrogens with two attached hydrogens (primary N) is 3. The van der Waals surface area contributed by atoms with Gasteiger partial charge in [0.1, 0.15) is 0 Å². The summed E-state index contributed by atoms with van der Waals surface area (Å²) in [6, 6.07) is 8.50. The number of aryl methyl sites for hydroxylation is 2. The maximum Gasteiger partial charge on any atom is 0.280 e. The van der Waals surface area contributed by atoms with Crippen LogP contribution in [0.4, 0.5) is 11.6 Å². The van der Waals surface area contributed by atoms with Crippen LogP contribution >= 0.6 is 11.6 Å². The Morgan fingerprint density at radius 2 is 1.71 bits per heavy atom. The largest absolute Gasteiger partial charge is 0.394 e. The van der Waals surface area contributed by atoms with E-state index in [-0.39, 0.29) is 35.0 Å². The fourth-order valence-corrected chi connectivity index (χ4v) is 3.21. The third kappa shape index (κ3) is 9.48. The van der Waals surface area contributed by atoms with Gasteiger partial charge in [-0.3, -0.25) is 15.1 Å². The summed E-state index contributed by atoms with van der Waals surface area (Å²) in [7, 11) is 0. The van der Waals surface area contributed by atoms with Crippen molar-refractivity contribution in [3.05, 3.63) is 46.2 Å². The van der Waals surface area contributed by atoms with Gasteiger partial charge in [-0.05, 0) is 49.8 Å². The fourth-order valence-electron chi connectivity index (χ4n) is 3.09. The average molecular weight is 493 g/mol. The van der Waals surface area contributed by atoms with E-state index < -0.39 is 12.0 Å². The Kier molecular flexibility index (Phi) is 11.5. The van der Waals surface area contributed by atoms with Crippen LogP contribution in [-0.2, 0) is 12.8 Å². The normalized spacial score (nSPS) is 12.5. The van der Waals surface area contributed by atoms with E-state index in [0.29, 0.717) is 13.1 Å². The van der Waals surface area contributed by atoms with Crippen LogP contribution in [0.15, 0.2) is 29.3 Å². The van der Waals surface area contributed by atoms with Crippen molar-refractivity contribution in [2.75, 3.05) is 37.7 Å². The number of anilines is 2. The molecule has 1 aromatic heterocycles. The molecule has 11 nitrogen and oxygen atoms in total. The number of aliphatic imine (C=N–C) groups is 1. The molecular weight excluding hydrogens is 460 g/mol. The molecule has 0 aliphatic rings. The number of rotatable bonds is 13. The van der Waals surface area contributed by atoms with Gasteiger partial charge >= 0.3 is 0 Å². The second-order valence-electron chi connectivity index (χ2n) is 7.77. The standard InChI is InChI=1S/C22H33ClN8O3/c23-18-20(25)30-19(24)17(29-18)21(34)31-22(26)28-11-2-1-4-14-6-8-15(9-7-14)5-3-10-27-12-16(33)13-32/h6-9,16,27,32-33H,1-5,10-13H2,(H4,24,25,30)(H3,26,28,31,34)/t16-/m1/s1. The number of carbonyl (C=O) groups is 1. The van der Waals surface area contributed by atoms with Crippen molar-refractivity contribution in [3.8, 4) is 0 Å². The minimum atomic E-state index is -0.705. The number of nitrogen functional groups attached to an aromatic ring is 2. The molecule has 12 heteroatoms. The zero-order valence-electron chi connectivity index (χ0n) is 19.0. The van der Waals surface area contributed by atoms with Crippen LogP contribution in [0.25, 0.3) is 0 Å². The van der Waals surface area contributed by atoms with Crippen molar-refractivity contribution in [2.24, 2.45) is 10.7 Å². The van der Waals surface area contributed by atoms with Crippen LogP contribution in [-0.4, -0.2) is 64.4 Å². The first-order valence-corrected chi connectivity index (χ1v) is 11.4. The van der Waals surface area contributed by atoms with E-state index in [1.807, 2.05) is 0 Å². The maximum atomic E-state index is 12.2. The number of aliphatic hydroxyl groups excluding tert-OH is 2. The molecule has 0 saturated heterocycles. The molecule has 1 aromatic carbocycles. The first kappa shape index (κ1) is 27.3. The first-order valence-electron chi connectivity index (χ1n) is 11.1. The highest BCUT2D eigenvalue weighted by Gasteiger charge is 2.16. The van der Waals surface area contributed by atoms with Crippen molar-refractivity contribution in [2.45, 2.75) is 38.2 Å². The number of nitrogens with one attached hydrogen (secondary N) is 2. The summed E-state index contributed by atoms with van der Waals surface area (Å²) >= 11 is 5.78. The summed E-state index contributed by atoms with van der Waals surface area (Å²) < 4.78 is 0. The molecule has 34 heavy (non-hydrogen) atoms. The van der Waals surface area contributed by atoms with Gasteiger partial charge in [-0.2, -0.15) is 0 Å². The number of aliphatic hydroxyl groups is 2. The second kappa shape index (κ2) is 14.3. The quantitative estimate of drug-likeness (QED) is 0.116. The number of hydrogen-bond acceptors (Lipinski definition) is 9. The SMILES string of the molecule is NC(=NCCCCc1ccc(CCCNC[C@@H](O)CO)cc1)NC(=O)c1nc(Cl)c(N)nc1N. The smallest absolute Gasteiger partial charge is 0.280 e. The molecule has 0 unspecified atom stereocenters. The number of aromatic nitrogens is 2. The third-order valence-corrected chi connectivity index (χ3v) is 5.23. The van der Waals surface area contributed by atoms with Gasteiger partial charge in [-0.25, -0.2) is 9.97 Å². The number of guanidine groups is 1. The predicted molar refractivity (Wildman–Crippen MR) is 133 cm³/mol. The summed E-state index contributed by atoms with van der Waals surface area (Å²) in [4.78, 5) is 23.9. The first-order chi connectivity index (χ1) is 16.3. The molecule has 0 spiro atoms. The fraction of sp³-hybridized carbons (Fsp3) is 0.455. The van der Waals surface area contributed by atoms with E-state index in [9.17, 15) is 9.90 Å². The lowest BCUT2D eigenvalue weighted by Crippen LogP contribution is -2.38. The number of benzene rings is 1. The van der Waals surface area contributed by atoms with Crippen LogP contribution < -0.4 is 27.8 Å². The topological polar surface area (TPSA) is 198 Å². The summed E-state index contributed by atoms with van der Waals surface area (Å²) in [6.45, 7) is 1.43. The molecule has 186 valence electrons. The number of carbonyl (C=O) groups excluding carboxylic acids is 1. The number of halogens is 1.